The molecule has 0 unspecified atom stereocenters. The lowest BCUT2D eigenvalue weighted by Gasteiger charge is -2.19. The van der Waals surface area contributed by atoms with Gasteiger partial charge in [-0.2, -0.15) is 16.9 Å². The second-order valence-electron chi connectivity index (χ2n) is 11.6. The zero-order chi connectivity index (χ0) is 31.2. The number of thioether (sulfide) groups is 1. The minimum Gasteiger partial charge on any atom is -0.493 e. The van der Waals surface area contributed by atoms with Crippen molar-refractivity contribution in [1.29, 1.82) is 0 Å². The summed E-state index contributed by atoms with van der Waals surface area (Å²) in [5.41, 5.74) is 11.1. The van der Waals surface area contributed by atoms with Crippen LogP contribution >= 0.6 is 23.4 Å². The molecule has 45 heavy (non-hydrogen) atoms. The highest BCUT2D eigenvalue weighted by atomic mass is 35.5. The largest absolute Gasteiger partial charge is 0.493 e. The first kappa shape index (κ1) is 29.7. The first-order chi connectivity index (χ1) is 21.8. The molecule has 4 heterocycles. The normalized spacial score (nSPS) is 16.2. The summed E-state index contributed by atoms with van der Waals surface area (Å²) in [5.74, 6) is 0.891. The van der Waals surface area contributed by atoms with Crippen LogP contribution in [0, 0.1) is 5.82 Å². The van der Waals surface area contributed by atoms with Crippen LogP contribution in [0.25, 0.3) is 27.4 Å². The highest BCUT2D eigenvalue weighted by Crippen LogP contribution is 2.39. The summed E-state index contributed by atoms with van der Waals surface area (Å²) in [6.07, 6.45) is 2.62. The van der Waals surface area contributed by atoms with Crippen LogP contribution in [0.4, 0.5) is 4.39 Å². The minimum atomic E-state index is -1.02. The lowest BCUT2D eigenvalue weighted by molar-refractivity contribution is 0.0690. The highest BCUT2D eigenvalue weighted by molar-refractivity contribution is 7.98. The number of halogens is 2. The van der Waals surface area contributed by atoms with Crippen molar-refractivity contribution < 1.29 is 19.0 Å². The van der Waals surface area contributed by atoms with E-state index in [0.29, 0.717) is 42.3 Å². The van der Waals surface area contributed by atoms with Gasteiger partial charge in [0.25, 0.3) is 0 Å². The molecule has 0 saturated carbocycles. The zero-order valence-corrected chi connectivity index (χ0v) is 26.6. The Morgan fingerprint density at radius 2 is 1.91 bits per heavy atom. The Morgan fingerprint density at radius 1 is 1.07 bits per heavy atom. The van der Waals surface area contributed by atoms with Gasteiger partial charge in [0.2, 0.25) is 0 Å². The van der Waals surface area contributed by atoms with Crippen LogP contribution in [-0.2, 0) is 32.1 Å². The first-order valence-electron chi connectivity index (χ1n) is 15.0. The maximum absolute atomic E-state index is 14.2. The number of rotatable bonds is 1. The number of carbonyl (C=O) groups is 1. The average molecular weight is 646 g/mol. The minimum absolute atomic E-state index is 0.162. The van der Waals surface area contributed by atoms with Crippen molar-refractivity contribution in [2.75, 3.05) is 26.0 Å². The Balaban J connectivity index is 1.32. The van der Waals surface area contributed by atoms with E-state index < -0.39 is 5.97 Å². The number of H-pyrrole nitrogens is 1. The number of nitrogens with one attached hydrogen (secondary N) is 2. The van der Waals surface area contributed by atoms with Gasteiger partial charge in [-0.15, -0.1) is 0 Å². The lowest BCUT2D eigenvalue weighted by atomic mass is 10.0. The third kappa shape index (κ3) is 5.67. The number of carboxylic acid groups (broad SMARTS) is 1. The third-order valence-electron chi connectivity index (χ3n) is 8.67. The number of aromatic amines is 1. The Bertz CT molecular complexity index is 2000. The van der Waals surface area contributed by atoms with E-state index in [1.165, 1.54) is 11.6 Å². The number of aromatic carboxylic acids is 1. The number of nitrogens with zero attached hydrogens (tertiary/aromatic N) is 3. The van der Waals surface area contributed by atoms with Crippen LogP contribution in [0.3, 0.4) is 0 Å². The highest BCUT2D eigenvalue weighted by Gasteiger charge is 2.28. The summed E-state index contributed by atoms with van der Waals surface area (Å²) in [7, 11) is 3.93. The van der Waals surface area contributed by atoms with E-state index in [2.05, 4.69) is 16.5 Å². The number of fused-ring (bicyclic) bond motifs is 7. The monoisotopic (exact) mass is 645 g/mol. The summed E-state index contributed by atoms with van der Waals surface area (Å²) in [6, 6.07) is 14.7. The fraction of sp³-hybridized carbons (Fsp3) is 0.294. The first-order valence-corrected chi connectivity index (χ1v) is 16.5. The van der Waals surface area contributed by atoms with Crippen LogP contribution in [0.15, 0.2) is 54.1 Å². The number of carboxylic acids is 1. The fourth-order valence-corrected chi connectivity index (χ4v) is 7.72. The van der Waals surface area contributed by atoms with E-state index in [4.69, 9.17) is 21.4 Å². The predicted octanol–water partition coefficient (Wildman–Crippen LogP) is 6.75. The number of benzene rings is 3. The van der Waals surface area contributed by atoms with E-state index in [1.54, 1.807) is 23.9 Å². The number of hydrogen-bond donors (Lipinski definition) is 3. The Hall–Kier alpha value is -3.99. The molecule has 2 aliphatic heterocycles. The van der Waals surface area contributed by atoms with E-state index in [-0.39, 0.29) is 11.5 Å². The van der Waals surface area contributed by atoms with Gasteiger partial charge in [0.05, 0.1) is 28.5 Å². The zero-order valence-electron chi connectivity index (χ0n) is 25.0. The second kappa shape index (κ2) is 12.1. The molecule has 2 aliphatic rings. The fourth-order valence-electron chi connectivity index (χ4n) is 6.53. The maximum atomic E-state index is 14.2. The van der Waals surface area contributed by atoms with Crippen molar-refractivity contribution in [2.24, 2.45) is 7.05 Å². The van der Waals surface area contributed by atoms with E-state index in [9.17, 15) is 14.3 Å². The molecule has 2 aromatic heterocycles. The average Bonchev–Trinajstić information content (AvgIpc) is 3.68. The van der Waals surface area contributed by atoms with Gasteiger partial charge >= 0.3 is 5.97 Å². The summed E-state index contributed by atoms with van der Waals surface area (Å²) in [4.78, 5) is 15.7. The summed E-state index contributed by atoms with van der Waals surface area (Å²) in [6.45, 7) is 1.04. The predicted molar refractivity (Wildman–Crippen MR) is 177 cm³/mol. The van der Waals surface area contributed by atoms with Crippen molar-refractivity contribution in [2.45, 2.75) is 31.4 Å². The summed E-state index contributed by atoms with van der Waals surface area (Å²) < 4.78 is 22.5. The van der Waals surface area contributed by atoms with Crippen molar-refractivity contribution in [3.8, 4) is 5.75 Å². The van der Waals surface area contributed by atoms with Crippen LogP contribution in [0.5, 0.6) is 5.75 Å². The van der Waals surface area contributed by atoms with Crippen LogP contribution in [0.2, 0.25) is 5.02 Å². The van der Waals surface area contributed by atoms with Crippen molar-refractivity contribution in [3.63, 3.8) is 0 Å². The van der Waals surface area contributed by atoms with Gasteiger partial charge in [0.15, 0.2) is 0 Å². The van der Waals surface area contributed by atoms with Crippen molar-refractivity contribution >= 4 is 56.7 Å². The molecule has 0 spiro atoms. The number of aryl methyl sites for hydroxylation is 4. The molecular formula is C34H33ClFN5O3S. The van der Waals surface area contributed by atoms with Gasteiger partial charge < -0.3 is 19.8 Å². The lowest BCUT2D eigenvalue weighted by Crippen LogP contribution is -2.26. The molecule has 8 nitrogen and oxygen atoms in total. The molecule has 0 amide bonds. The molecule has 0 aliphatic carbocycles. The molecule has 0 fully saturated rings. The maximum Gasteiger partial charge on any atom is 0.352 e. The van der Waals surface area contributed by atoms with Gasteiger partial charge in [-0.25, -0.2) is 14.6 Å². The molecule has 11 heteroatoms. The van der Waals surface area contributed by atoms with E-state index in [1.807, 2.05) is 48.1 Å². The molecule has 0 saturated heterocycles. The molecular weight excluding hydrogens is 613 g/mol. The van der Waals surface area contributed by atoms with Gasteiger partial charge in [-0.05, 0) is 84.2 Å². The van der Waals surface area contributed by atoms with Crippen LogP contribution in [-0.4, -0.2) is 56.8 Å². The molecule has 0 radical (unpaired) electrons. The molecule has 232 valence electrons. The SMILES string of the molecule is CN1NCC2=C1c1c(Cl)ccc3c(c(C(=O)O)[nH]c13)CCCOc1cc(cc3cc(F)ccc13)CCc1cc(nn1C)CSC2. The van der Waals surface area contributed by atoms with Crippen LogP contribution in [0.1, 0.15) is 45.0 Å². The van der Waals surface area contributed by atoms with E-state index >= 15 is 0 Å². The summed E-state index contributed by atoms with van der Waals surface area (Å²) in [5, 5.41) is 20.0. The number of hydrazine groups is 1. The number of hydrogen-bond acceptors (Lipinski definition) is 6. The van der Waals surface area contributed by atoms with Gasteiger partial charge in [-0.3, -0.25) is 4.68 Å². The van der Waals surface area contributed by atoms with Crippen LogP contribution < -0.4 is 10.2 Å². The number of aromatic nitrogens is 3. The smallest absolute Gasteiger partial charge is 0.352 e. The second-order valence-corrected chi connectivity index (χ2v) is 13.0. The van der Waals surface area contributed by atoms with Gasteiger partial charge in [0, 0.05) is 54.2 Å². The molecule has 0 atom stereocenters. The topological polar surface area (TPSA) is 95.4 Å². The molecule has 5 aromatic rings. The Morgan fingerprint density at radius 3 is 2.76 bits per heavy atom. The quantitative estimate of drug-likeness (QED) is 0.186. The van der Waals surface area contributed by atoms with Crippen molar-refractivity contribution in [3.05, 3.63) is 98.7 Å². The third-order valence-corrected chi connectivity index (χ3v) is 10.0. The van der Waals surface area contributed by atoms with Crippen molar-refractivity contribution in [1.82, 2.24) is 25.2 Å². The molecule has 3 N–H and O–H groups in total. The molecule has 8 bridgehead atoms. The van der Waals surface area contributed by atoms with Gasteiger partial charge in [-0.1, -0.05) is 23.7 Å². The van der Waals surface area contributed by atoms with E-state index in [0.717, 1.165) is 74.3 Å². The Labute approximate surface area is 269 Å². The Kier molecular flexibility index (Phi) is 7.97. The summed E-state index contributed by atoms with van der Waals surface area (Å²) >= 11 is 8.65. The molecule has 3 aromatic carbocycles. The van der Waals surface area contributed by atoms with Gasteiger partial charge in [0.1, 0.15) is 17.3 Å². The standard InChI is InChI=1S/C34H33ClFN5O3S/c1-40-24-7-5-19-12-20-14-22(36)6-8-25(20)29(13-19)44-11-3-4-26-27-9-10-28(35)30(31(27)38-32(26)34(42)43)33-21(16-37-41(33)2)17-45-18-23(15-24)39-40/h6,8-10,12-15,37-38H,3-5,7,11,16-18H2,1-2H3,(H,42,43). The number of ether oxygens (including phenoxy) is 1. The molecule has 7 rings (SSSR count).